The molecule has 0 atom stereocenters. The Hall–Kier alpha value is -4.04. The van der Waals surface area contributed by atoms with Gasteiger partial charge < -0.3 is 10.1 Å². The highest BCUT2D eigenvalue weighted by Gasteiger charge is 2.23. The molecule has 1 amide bonds. The molecule has 0 saturated carbocycles. The van der Waals surface area contributed by atoms with Gasteiger partial charge in [-0.15, -0.1) is 0 Å². The van der Waals surface area contributed by atoms with Crippen molar-refractivity contribution in [2.45, 2.75) is 16.7 Å². The molecule has 4 aromatic rings. The molecule has 0 unspecified atom stereocenters. The van der Waals surface area contributed by atoms with Gasteiger partial charge in [-0.05, 0) is 67.6 Å². The number of nitrogens with zero attached hydrogens (tertiary/aromatic N) is 1. The van der Waals surface area contributed by atoms with Gasteiger partial charge in [0.05, 0.1) is 27.5 Å². The van der Waals surface area contributed by atoms with Crippen molar-refractivity contribution < 1.29 is 22.7 Å². The maximum absolute atomic E-state index is 13.5. The molecule has 7 nitrogen and oxygen atoms in total. The Bertz CT molecular complexity index is 1430. The van der Waals surface area contributed by atoms with E-state index in [0.717, 1.165) is 0 Å². The van der Waals surface area contributed by atoms with Gasteiger partial charge in [0.2, 0.25) is 9.84 Å². The van der Waals surface area contributed by atoms with Crippen molar-refractivity contribution in [1.29, 1.82) is 0 Å². The van der Waals surface area contributed by atoms with E-state index in [9.17, 15) is 18.0 Å². The normalized spacial score (nSPS) is 11.2. The predicted molar refractivity (Wildman–Crippen MR) is 124 cm³/mol. The van der Waals surface area contributed by atoms with Crippen LogP contribution in [-0.2, 0) is 14.6 Å². The van der Waals surface area contributed by atoms with Crippen LogP contribution in [0.5, 0.6) is 0 Å². The first kappa shape index (κ1) is 22.2. The lowest BCUT2D eigenvalue weighted by Crippen LogP contribution is -2.13. The second-order valence-corrected chi connectivity index (χ2v) is 9.03. The van der Waals surface area contributed by atoms with Gasteiger partial charge in [-0.1, -0.05) is 18.2 Å². The predicted octanol–water partition coefficient (Wildman–Crippen LogP) is 4.50. The first-order chi connectivity index (χ1) is 15.9. The molecule has 0 spiro atoms. The van der Waals surface area contributed by atoms with Gasteiger partial charge in [0, 0.05) is 22.8 Å². The SMILES string of the molecule is CCOC(=O)c1ccc(S(=O)(=O)c2cc(NC(=O)c3ccccc3)cc3ncccc23)cc1. The number of hydrogen-bond donors (Lipinski definition) is 1. The third-order valence-corrected chi connectivity index (χ3v) is 6.75. The molecule has 1 heterocycles. The molecule has 33 heavy (non-hydrogen) atoms. The number of sulfone groups is 1. The Kier molecular flexibility index (Phi) is 6.19. The van der Waals surface area contributed by atoms with E-state index < -0.39 is 15.8 Å². The van der Waals surface area contributed by atoms with Crippen LogP contribution in [0.3, 0.4) is 0 Å². The van der Waals surface area contributed by atoms with E-state index in [1.807, 2.05) is 0 Å². The minimum absolute atomic E-state index is 0.000321. The van der Waals surface area contributed by atoms with Crippen molar-refractivity contribution in [2.75, 3.05) is 11.9 Å². The van der Waals surface area contributed by atoms with E-state index in [0.29, 0.717) is 22.2 Å². The summed E-state index contributed by atoms with van der Waals surface area (Å²) < 4.78 is 32.0. The molecule has 0 aliphatic carbocycles. The van der Waals surface area contributed by atoms with Crippen LogP contribution in [0.1, 0.15) is 27.6 Å². The van der Waals surface area contributed by atoms with Crippen LogP contribution < -0.4 is 5.32 Å². The van der Waals surface area contributed by atoms with Crippen LogP contribution in [0.4, 0.5) is 5.69 Å². The van der Waals surface area contributed by atoms with Gasteiger partial charge in [-0.3, -0.25) is 9.78 Å². The van der Waals surface area contributed by atoms with Crippen LogP contribution in [0.2, 0.25) is 0 Å². The molecule has 166 valence electrons. The monoisotopic (exact) mass is 460 g/mol. The van der Waals surface area contributed by atoms with Crippen molar-refractivity contribution >= 4 is 38.3 Å². The number of rotatable bonds is 6. The summed E-state index contributed by atoms with van der Waals surface area (Å²) in [7, 11) is -3.99. The molecule has 0 saturated heterocycles. The fraction of sp³-hybridized carbons (Fsp3) is 0.0800. The third kappa shape index (κ3) is 4.61. The van der Waals surface area contributed by atoms with Gasteiger partial charge in [-0.2, -0.15) is 0 Å². The number of nitrogens with one attached hydrogen (secondary N) is 1. The Morgan fingerprint density at radius 1 is 0.909 bits per heavy atom. The fourth-order valence-electron chi connectivity index (χ4n) is 3.35. The smallest absolute Gasteiger partial charge is 0.338 e. The number of aromatic nitrogens is 1. The molecular weight excluding hydrogens is 440 g/mol. The number of carbonyl (C=O) groups is 2. The molecule has 4 rings (SSSR count). The summed E-state index contributed by atoms with van der Waals surface area (Å²) in [6, 6.07) is 20.5. The highest BCUT2D eigenvalue weighted by atomic mass is 32.2. The van der Waals surface area contributed by atoms with Crippen LogP contribution in [0, 0.1) is 0 Å². The molecule has 0 aliphatic heterocycles. The van der Waals surface area contributed by atoms with Crippen LogP contribution in [-0.4, -0.2) is 31.9 Å². The quantitative estimate of drug-likeness (QED) is 0.425. The van der Waals surface area contributed by atoms with E-state index >= 15 is 0 Å². The molecule has 0 fully saturated rings. The highest BCUT2D eigenvalue weighted by Crippen LogP contribution is 2.31. The summed E-state index contributed by atoms with van der Waals surface area (Å²) in [4.78, 5) is 28.8. The van der Waals surface area contributed by atoms with Crippen molar-refractivity contribution in [3.63, 3.8) is 0 Å². The molecule has 1 aromatic heterocycles. The minimum atomic E-state index is -3.99. The zero-order chi connectivity index (χ0) is 23.4. The maximum atomic E-state index is 13.5. The molecule has 8 heteroatoms. The van der Waals surface area contributed by atoms with Gasteiger partial charge in [0.15, 0.2) is 0 Å². The van der Waals surface area contributed by atoms with Crippen LogP contribution >= 0.6 is 0 Å². The van der Waals surface area contributed by atoms with Gasteiger partial charge in [-0.25, -0.2) is 13.2 Å². The third-order valence-electron chi connectivity index (χ3n) is 4.94. The van der Waals surface area contributed by atoms with E-state index in [1.165, 1.54) is 30.3 Å². The number of hydrogen-bond acceptors (Lipinski definition) is 6. The Balaban J connectivity index is 1.76. The number of carbonyl (C=O) groups excluding carboxylic acids is 2. The van der Waals surface area contributed by atoms with E-state index in [1.54, 1.807) is 61.7 Å². The standard InChI is InChI=1S/C25H20N2O5S/c1-2-32-25(29)18-10-12-20(13-11-18)33(30,31)23-16-19(15-22-21(23)9-6-14-26-22)27-24(28)17-7-4-3-5-8-17/h3-16H,2H2,1H3,(H,27,28). The summed E-state index contributed by atoms with van der Waals surface area (Å²) in [6.45, 7) is 1.92. The average Bonchev–Trinajstić information content (AvgIpc) is 2.84. The van der Waals surface area contributed by atoms with Crippen molar-refractivity contribution in [2.24, 2.45) is 0 Å². The lowest BCUT2D eigenvalue weighted by Gasteiger charge is -2.12. The summed E-state index contributed by atoms with van der Waals surface area (Å²) >= 11 is 0. The molecule has 0 aliphatic rings. The highest BCUT2D eigenvalue weighted by molar-refractivity contribution is 7.91. The maximum Gasteiger partial charge on any atom is 0.338 e. The summed E-state index contributed by atoms with van der Waals surface area (Å²) in [5.41, 5.74) is 1.42. The number of ether oxygens (including phenoxy) is 1. The van der Waals surface area contributed by atoms with Crippen LogP contribution in [0.25, 0.3) is 10.9 Å². The Labute approximate surface area is 191 Å². The second-order valence-electron chi connectivity index (χ2n) is 7.11. The van der Waals surface area contributed by atoms with Gasteiger partial charge >= 0.3 is 5.97 Å². The zero-order valence-electron chi connectivity index (χ0n) is 17.7. The number of anilines is 1. The first-order valence-electron chi connectivity index (χ1n) is 10.2. The van der Waals surface area contributed by atoms with E-state index in [-0.39, 0.29) is 27.9 Å². The number of amides is 1. The topological polar surface area (TPSA) is 102 Å². The number of esters is 1. The molecule has 3 aromatic carbocycles. The molecule has 0 radical (unpaired) electrons. The summed E-state index contributed by atoms with van der Waals surface area (Å²) in [6.07, 6.45) is 1.55. The molecular formula is C25H20N2O5S. The van der Waals surface area contributed by atoms with Gasteiger partial charge in [0.25, 0.3) is 5.91 Å². The first-order valence-corrected chi connectivity index (χ1v) is 11.7. The van der Waals surface area contributed by atoms with Crippen molar-refractivity contribution in [1.82, 2.24) is 4.98 Å². The lowest BCUT2D eigenvalue weighted by atomic mass is 10.1. The van der Waals surface area contributed by atoms with Gasteiger partial charge in [0.1, 0.15) is 0 Å². The lowest BCUT2D eigenvalue weighted by molar-refractivity contribution is 0.0526. The minimum Gasteiger partial charge on any atom is -0.462 e. The second kappa shape index (κ2) is 9.22. The molecule has 1 N–H and O–H groups in total. The number of benzene rings is 3. The number of fused-ring (bicyclic) bond motifs is 1. The fourth-order valence-corrected chi connectivity index (χ4v) is 4.84. The summed E-state index contributed by atoms with van der Waals surface area (Å²) in [5, 5.41) is 3.17. The van der Waals surface area contributed by atoms with Crippen molar-refractivity contribution in [3.8, 4) is 0 Å². The number of pyridine rings is 1. The zero-order valence-corrected chi connectivity index (χ0v) is 18.5. The Morgan fingerprint density at radius 2 is 1.64 bits per heavy atom. The van der Waals surface area contributed by atoms with Crippen LogP contribution in [0.15, 0.2) is 94.9 Å². The summed E-state index contributed by atoms with van der Waals surface area (Å²) in [5.74, 6) is -0.894. The largest absolute Gasteiger partial charge is 0.462 e. The van der Waals surface area contributed by atoms with E-state index in [2.05, 4.69) is 10.3 Å². The molecule has 0 bridgehead atoms. The van der Waals surface area contributed by atoms with E-state index in [4.69, 9.17) is 4.74 Å². The Morgan fingerprint density at radius 3 is 2.33 bits per heavy atom. The van der Waals surface area contributed by atoms with Crippen molar-refractivity contribution in [3.05, 3.63) is 96.2 Å². The average molecular weight is 461 g/mol.